The molecule has 18 heavy (non-hydrogen) atoms. The second-order valence-electron chi connectivity index (χ2n) is 4.93. The Morgan fingerprint density at radius 2 is 1.89 bits per heavy atom. The number of hydrogen-bond acceptors (Lipinski definition) is 3. The van der Waals surface area contributed by atoms with Gasteiger partial charge in [-0.3, -0.25) is 4.79 Å². The van der Waals surface area contributed by atoms with E-state index >= 15 is 0 Å². The van der Waals surface area contributed by atoms with E-state index in [0.717, 1.165) is 24.2 Å². The Morgan fingerprint density at radius 1 is 1.22 bits per heavy atom. The number of benzene rings is 1. The molecular weight excluding hydrogens is 226 g/mol. The fraction of sp³-hybridized carbons (Fsp3) is 0.500. The first-order valence-electron chi connectivity index (χ1n) is 6.55. The molecule has 0 saturated heterocycles. The second kappa shape index (κ2) is 5.76. The SMILES string of the molecule is CC(=O)N[C@@H]1CCCC[C@H]1Nc1ccccc1N. The summed E-state index contributed by atoms with van der Waals surface area (Å²) in [5.74, 6) is 0.0368. The van der Waals surface area contributed by atoms with E-state index in [4.69, 9.17) is 5.73 Å². The van der Waals surface area contributed by atoms with E-state index in [1.54, 1.807) is 6.92 Å². The molecule has 1 fully saturated rings. The minimum atomic E-state index is 0.0368. The zero-order valence-electron chi connectivity index (χ0n) is 10.8. The summed E-state index contributed by atoms with van der Waals surface area (Å²) < 4.78 is 0. The highest BCUT2D eigenvalue weighted by atomic mass is 16.1. The number of hydrogen-bond donors (Lipinski definition) is 3. The molecule has 1 aromatic carbocycles. The Balaban J connectivity index is 2.05. The fourth-order valence-corrected chi connectivity index (χ4v) is 2.57. The van der Waals surface area contributed by atoms with Crippen LogP contribution in [0.3, 0.4) is 0 Å². The number of nitrogens with one attached hydrogen (secondary N) is 2. The molecule has 1 aliphatic carbocycles. The summed E-state index contributed by atoms with van der Waals surface area (Å²) in [6, 6.07) is 8.23. The quantitative estimate of drug-likeness (QED) is 0.717. The van der Waals surface area contributed by atoms with Crippen molar-refractivity contribution in [2.75, 3.05) is 11.1 Å². The number of anilines is 2. The van der Waals surface area contributed by atoms with E-state index in [1.165, 1.54) is 12.8 Å². The molecule has 0 spiro atoms. The lowest BCUT2D eigenvalue weighted by molar-refractivity contribution is -0.119. The monoisotopic (exact) mass is 247 g/mol. The maximum Gasteiger partial charge on any atom is 0.217 e. The van der Waals surface area contributed by atoms with Gasteiger partial charge in [-0.25, -0.2) is 0 Å². The van der Waals surface area contributed by atoms with Crippen LogP contribution in [0.15, 0.2) is 24.3 Å². The largest absolute Gasteiger partial charge is 0.397 e. The van der Waals surface area contributed by atoms with Crippen molar-refractivity contribution in [3.05, 3.63) is 24.3 Å². The zero-order chi connectivity index (χ0) is 13.0. The average molecular weight is 247 g/mol. The number of carbonyl (C=O) groups is 1. The summed E-state index contributed by atoms with van der Waals surface area (Å²) >= 11 is 0. The van der Waals surface area contributed by atoms with Crippen LogP contribution in [0.5, 0.6) is 0 Å². The van der Waals surface area contributed by atoms with Gasteiger partial charge in [-0.15, -0.1) is 0 Å². The van der Waals surface area contributed by atoms with Gasteiger partial charge in [0.1, 0.15) is 0 Å². The Bertz CT molecular complexity index is 419. The summed E-state index contributed by atoms with van der Waals surface area (Å²) in [4.78, 5) is 11.2. The van der Waals surface area contributed by atoms with Crippen molar-refractivity contribution in [1.82, 2.24) is 5.32 Å². The molecule has 4 nitrogen and oxygen atoms in total. The fourth-order valence-electron chi connectivity index (χ4n) is 2.57. The Labute approximate surface area is 108 Å². The van der Waals surface area contributed by atoms with Gasteiger partial charge in [0.25, 0.3) is 0 Å². The number of amides is 1. The van der Waals surface area contributed by atoms with E-state index in [9.17, 15) is 4.79 Å². The lowest BCUT2D eigenvalue weighted by Crippen LogP contribution is -2.47. The van der Waals surface area contributed by atoms with Crippen LogP contribution in [0.1, 0.15) is 32.6 Å². The molecular formula is C14H21N3O. The van der Waals surface area contributed by atoms with Gasteiger partial charge in [0.2, 0.25) is 5.91 Å². The predicted octanol–water partition coefficient (Wildman–Crippen LogP) is 2.13. The molecule has 98 valence electrons. The number of rotatable bonds is 3. The van der Waals surface area contributed by atoms with Gasteiger partial charge in [-0.2, -0.15) is 0 Å². The minimum Gasteiger partial charge on any atom is -0.397 e. The van der Waals surface area contributed by atoms with E-state index < -0.39 is 0 Å². The first-order chi connectivity index (χ1) is 8.66. The van der Waals surface area contributed by atoms with Crippen molar-refractivity contribution >= 4 is 17.3 Å². The molecule has 4 N–H and O–H groups in total. The molecule has 0 radical (unpaired) electrons. The Hall–Kier alpha value is -1.71. The summed E-state index contributed by atoms with van der Waals surface area (Å²) in [6.45, 7) is 1.57. The summed E-state index contributed by atoms with van der Waals surface area (Å²) in [7, 11) is 0. The van der Waals surface area contributed by atoms with Gasteiger partial charge in [0, 0.05) is 19.0 Å². The van der Waals surface area contributed by atoms with Gasteiger partial charge < -0.3 is 16.4 Å². The molecule has 2 rings (SSSR count). The van der Waals surface area contributed by atoms with Crippen LogP contribution in [0, 0.1) is 0 Å². The van der Waals surface area contributed by atoms with Crippen LogP contribution < -0.4 is 16.4 Å². The summed E-state index contributed by atoms with van der Waals surface area (Å²) in [6.07, 6.45) is 4.47. The molecule has 0 unspecified atom stereocenters. The minimum absolute atomic E-state index is 0.0368. The smallest absolute Gasteiger partial charge is 0.217 e. The van der Waals surface area contributed by atoms with Crippen molar-refractivity contribution in [2.24, 2.45) is 0 Å². The topological polar surface area (TPSA) is 67.2 Å². The molecule has 4 heteroatoms. The number of carbonyl (C=O) groups excluding carboxylic acids is 1. The molecule has 1 amide bonds. The lowest BCUT2D eigenvalue weighted by atomic mass is 9.90. The van der Waals surface area contributed by atoms with Gasteiger partial charge in [0.05, 0.1) is 11.4 Å². The molecule has 0 aliphatic heterocycles. The highest BCUT2D eigenvalue weighted by molar-refractivity contribution is 5.73. The maximum atomic E-state index is 11.2. The molecule has 0 aromatic heterocycles. The zero-order valence-corrected chi connectivity index (χ0v) is 10.8. The number of para-hydroxylation sites is 2. The third kappa shape index (κ3) is 3.15. The number of nitrogens with two attached hydrogens (primary N) is 1. The maximum absolute atomic E-state index is 11.2. The van der Waals surface area contributed by atoms with Crippen molar-refractivity contribution in [2.45, 2.75) is 44.7 Å². The average Bonchev–Trinajstić information content (AvgIpc) is 2.34. The van der Waals surface area contributed by atoms with Crippen molar-refractivity contribution in [3.8, 4) is 0 Å². The van der Waals surface area contributed by atoms with Gasteiger partial charge >= 0.3 is 0 Å². The molecule has 1 aromatic rings. The summed E-state index contributed by atoms with van der Waals surface area (Å²) in [5.41, 5.74) is 7.65. The van der Waals surface area contributed by atoms with Crippen molar-refractivity contribution < 1.29 is 4.79 Å². The highest BCUT2D eigenvalue weighted by Crippen LogP contribution is 2.25. The lowest BCUT2D eigenvalue weighted by Gasteiger charge is -2.33. The summed E-state index contributed by atoms with van der Waals surface area (Å²) in [5, 5.41) is 6.49. The van der Waals surface area contributed by atoms with E-state index in [0.29, 0.717) is 0 Å². The van der Waals surface area contributed by atoms with Gasteiger partial charge in [0.15, 0.2) is 0 Å². The van der Waals surface area contributed by atoms with Crippen LogP contribution in [0.2, 0.25) is 0 Å². The predicted molar refractivity (Wildman–Crippen MR) is 74.3 cm³/mol. The van der Waals surface area contributed by atoms with E-state index in [2.05, 4.69) is 10.6 Å². The molecule has 1 saturated carbocycles. The molecule has 0 bridgehead atoms. The standard InChI is InChI=1S/C14H21N3O/c1-10(18)16-13-8-4-5-9-14(13)17-12-7-3-2-6-11(12)15/h2-3,6-7,13-14,17H,4-5,8-9,15H2,1H3,(H,16,18)/t13-,14-/m1/s1. The molecule has 1 aliphatic rings. The molecule has 2 atom stereocenters. The van der Waals surface area contributed by atoms with Crippen molar-refractivity contribution in [1.29, 1.82) is 0 Å². The van der Waals surface area contributed by atoms with Crippen LogP contribution in [0.4, 0.5) is 11.4 Å². The van der Waals surface area contributed by atoms with E-state index in [1.807, 2.05) is 24.3 Å². The van der Waals surface area contributed by atoms with E-state index in [-0.39, 0.29) is 18.0 Å². The first kappa shape index (κ1) is 12.7. The third-order valence-corrected chi connectivity index (χ3v) is 3.46. The normalized spacial score (nSPS) is 23.4. The molecule has 0 heterocycles. The Morgan fingerprint density at radius 3 is 2.56 bits per heavy atom. The highest BCUT2D eigenvalue weighted by Gasteiger charge is 2.25. The first-order valence-corrected chi connectivity index (χ1v) is 6.55. The Kier molecular flexibility index (Phi) is 4.07. The van der Waals surface area contributed by atoms with Crippen LogP contribution in [0.25, 0.3) is 0 Å². The number of nitrogen functional groups attached to an aromatic ring is 1. The van der Waals surface area contributed by atoms with Gasteiger partial charge in [-0.05, 0) is 25.0 Å². The second-order valence-corrected chi connectivity index (χ2v) is 4.93. The third-order valence-electron chi connectivity index (χ3n) is 3.46. The van der Waals surface area contributed by atoms with Crippen LogP contribution >= 0.6 is 0 Å². The van der Waals surface area contributed by atoms with Crippen LogP contribution in [-0.2, 0) is 4.79 Å². The van der Waals surface area contributed by atoms with Crippen LogP contribution in [-0.4, -0.2) is 18.0 Å². The van der Waals surface area contributed by atoms with Crippen molar-refractivity contribution in [3.63, 3.8) is 0 Å². The van der Waals surface area contributed by atoms with Gasteiger partial charge in [-0.1, -0.05) is 25.0 Å².